The van der Waals surface area contributed by atoms with Gasteiger partial charge in [0, 0.05) is 12.1 Å². The molecule has 1 N–H and O–H groups in total. The molecule has 2 aromatic rings. The van der Waals surface area contributed by atoms with Crippen molar-refractivity contribution in [3.8, 4) is 0 Å². The van der Waals surface area contributed by atoms with Crippen LogP contribution >= 0.6 is 0 Å². The van der Waals surface area contributed by atoms with Crippen molar-refractivity contribution in [2.24, 2.45) is 0 Å². The number of para-hydroxylation sites is 1. The third kappa shape index (κ3) is 4.76. The molecule has 0 bridgehead atoms. The molecular weight excluding hydrogens is 288 g/mol. The second kappa shape index (κ2) is 7.70. The number of nitrogens with zero attached hydrogens (tertiary/aromatic N) is 1. The SMILES string of the molecule is CC(=O)c1ccccc1NC(=O)CN(C)Cc1ccccc1C. The molecule has 0 aliphatic rings. The van der Waals surface area contributed by atoms with Crippen LogP contribution in [0, 0.1) is 6.92 Å². The van der Waals surface area contributed by atoms with Crippen LogP contribution < -0.4 is 5.32 Å². The highest BCUT2D eigenvalue weighted by molar-refractivity contribution is 6.04. The Hall–Kier alpha value is -2.46. The van der Waals surface area contributed by atoms with Gasteiger partial charge in [-0.2, -0.15) is 0 Å². The van der Waals surface area contributed by atoms with Crippen molar-refractivity contribution in [2.45, 2.75) is 20.4 Å². The largest absolute Gasteiger partial charge is 0.324 e. The van der Waals surface area contributed by atoms with E-state index in [-0.39, 0.29) is 18.2 Å². The van der Waals surface area contributed by atoms with Gasteiger partial charge in [-0.1, -0.05) is 36.4 Å². The van der Waals surface area contributed by atoms with Gasteiger partial charge in [0.05, 0.1) is 12.2 Å². The monoisotopic (exact) mass is 310 g/mol. The lowest BCUT2D eigenvalue weighted by atomic mass is 10.1. The lowest BCUT2D eigenvalue weighted by Crippen LogP contribution is -2.30. The first-order chi connectivity index (χ1) is 11.0. The summed E-state index contributed by atoms with van der Waals surface area (Å²) in [5.41, 5.74) is 3.50. The van der Waals surface area contributed by atoms with Crippen molar-refractivity contribution >= 4 is 17.4 Å². The van der Waals surface area contributed by atoms with E-state index < -0.39 is 0 Å². The molecule has 0 aliphatic carbocycles. The molecule has 4 heteroatoms. The van der Waals surface area contributed by atoms with E-state index in [0.717, 1.165) is 0 Å². The summed E-state index contributed by atoms with van der Waals surface area (Å²) < 4.78 is 0. The maximum absolute atomic E-state index is 12.2. The summed E-state index contributed by atoms with van der Waals surface area (Å²) in [7, 11) is 1.91. The van der Waals surface area contributed by atoms with Gasteiger partial charge in [-0.05, 0) is 44.2 Å². The van der Waals surface area contributed by atoms with Gasteiger partial charge in [0.2, 0.25) is 5.91 Å². The number of benzene rings is 2. The van der Waals surface area contributed by atoms with Gasteiger partial charge >= 0.3 is 0 Å². The van der Waals surface area contributed by atoms with Crippen molar-refractivity contribution < 1.29 is 9.59 Å². The zero-order valence-corrected chi connectivity index (χ0v) is 13.8. The van der Waals surface area contributed by atoms with Crippen molar-refractivity contribution in [1.82, 2.24) is 4.90 Å². The maximum Gasteiger partial charge on any atom is 0.238 e. The minimum absolute atomic E-state index is 0.0610. The first kappa shape index (κ1) is 16.9. The zero-order valence-electron chi connectivity index (χ0n) is 13.8. The van der Waals surface area contributed by atoms with Crippen LogP contribution in [-0.2, 0) is 11.3 Å². The summed E-state index contributed by atoms with van der Waals surface area (Å²) in [5.74, 6) is -0.191. The Balaban J connectivity index is 1.97. The number of carbonyl (C=O) groups excluding carboxylic acids is 2. The Kier molecular flexibility index (Phi) is 5.66. The molecular formula is C19H22N2O2. The Labute approximate surface area is 137 Å². The van der Waals surface area contributed by atoms with Crippen LogP contribution in [0.2, 0.25) is 0 Å². The van der Waals surface area contributed by atoms with E-state index in [1.807, 2.05) is 24.1 Å². The number of aryl methyl sites for hydroxylation is 1. The minimum atomic E-state index is -0.130. The highest BCUT2D eigenvalue weighted by Crippen LogP contribution is 2.15. The van der Waals surface area contributed by atoms with Crippen LogP contribution in [0.3, 0.4) is 0 Å². The van der Waals surface area contributed by atoms with Crippen molar-refractivity contribution in [3.63, 3.8) is 0 Å². The van der Waals surface area contributed by atoms with E-state index >= 15 is 0 Å². The van der Waals surface area contributed by atoms with Crippen LogP contribution in [0.25, 0.3) is 0 Å². The molecule has 0 saturated heterocycles. The highest BCUT2D eigenvalue weighted by atomic mass is 16.2. The Morgan fingerprint density at radius 3 is 2.39 bits per heavy atom. The molecule has 23 heavy (non-hydrogen) atoms. The molecule has 0 aliphatic heterocycles. The second-order valence-electron chi connectivity index (χ2n) is 5.75. The predicted molar refractivity (Wildman–Crippen MR) is 92.6 cm³/mol. The van der Waals surface area contributed by atoms with Crippen LogP contribution in [0.5, 0.6) is 0 Å². The molecule has 120 valence electrons. The minimum Gasteiger partial charge on any atom is -0.324 e. The van der Waals surface area contributed by atoms with Gasteiger partial charge in [0.1, 0.15) is 0 Å². The van der Waals surface area contributed by atoms with Gasteiger partial charge in [-0.15, -0.1) is 0 Å². The number of rotatable bonds is 6. The highest BCUT2D eigenvalue weighted by Gasteiger charge is 2.12. The number of nitrogens with one attached hydrogen (secondary N) is 1. The van der Waals surface area contributed by atoms with Crippen molar-refractivity contribution in [3.05, 3.63) is 65.2 Å². The number of amides is 1. The summed E-state index contributed by atoms with van der Waals surface area (Å²) in [6.07, 6.45) is 0. The average molecular weight is 310 g/mol. The number of carbonyl (C=O) groups is 2. The molecule has 0 saturated carbocycles. The first-order valence-electron chi connectivity index (χ1n) is 7.60. The summed E-state index contributed by atoms with van der Waals surface area (Å²) >= 11 is 0. The molecule has 0 unspecified atom stereocenters. The normalized spacial score (nSPS) is 10.6. The number of Topliss-reactive ketones (excluding diaryl/α,β-unsaturated/α-hetero) is 1. The zero-order chi connectivity index (χ0) is 16.8. The van der Waals surface area contributed by atoms with Crippen LogP contribution in [0.4, 0.5) is 5.69 Å². The van der Waals surface area contributed by atoms with Gasteiger partial charge < -0.3 is 5.32 Å². The first-order valence-corrected chi connectivity index (χ1v) is 7.60. The molecule has 0 fully saturated rings. The number of likely N-dealkylation sites (N-methyl/N-ethyl adjacent to an activating group) is 1. The smallest absolute Gasteiger partial charge is 0.238 e. The van der Waals surface area contributed by atoms with Gasteiger partial charge in [0.15, 0.2) is 5.78 Å². The number of ketones is 1. The van der Waals surface area contributed by atoms with Gasteiger partial charge in [-0.25, -0.2) is 0 Å². The van der Waals surface area contributed by atoms with Crippen LogP contribution in [-0.4, -0.2) is 30.2 Å². The lowest BCUT2D eigenvalue weighted by molar-refractivity contribution is -0.117. The summed E-state index contributed by atoms with van der Waals surface area (Å²) in [5, 5.41) is 2.82. The van der Waals surface area contributed by atoms with E-state index in [1.54, 1.807) is 24.3 Å². The number of hydrogen-bond acceptors (Lipinski definition) is 3. The number of anilines is 1. The Morgan fingerprint density at radius 1 is 1.04 bits per heavy atom. The fourth-order valence-corrected chi connectivity index (χ4v) is 2.47. The topological polar surface area (TPSA) is 49.4 Å². The van der Waals surface area contributed by atoms with Crippen LogP contribution in [0.1, 0.15) is 28.4 Å². The summed E-state index contributed by atoms with van der Waals surface area (Å²) in [4.78, 5) is 25.7. The lowest BCUT2D eigenvalue weighted by Gasteiger charge is -2.18. The molecule has 0 atom stereocenters. The molecule has 1 amide bonds. The van der Waals surface area contributed by atoms with Gasteiger partial charge in [-0.3, -0.25) is 14.5 Å². The van der Waals surface area contributed by atoms with E-state index in [0.29, 0.717) is 17.8 Å². The van der Waals surface area contributed by atoms with Crippen molar-refractivity contribution in [2.75, 3.05) is 18.9 Å². The fourth-order valence-electron chi connectivity index (χ4n) is 2.47. The Bertz CT molecular complexity index is 710. The second-order valence-corrected chi connectivity index (χ2v) is 5.75. The quantitative estimate of drug-likeness (QED) is 0.833. The molecule has 2 aromatic carbocycles. The van der Waals surface area contributed by atoms with E-state index in [2.05, 4.69) is 24.4 Å². The summed E-state index contributed by atoms with van der Waals surface area (Å²) in [6.45, 7) is 4.52. The van der Waals surface area contributed by atoms with E-state index in [4.69, 9.17) is 0 Å². The molecule has 0 radical (unpaired) electrons. The molecule has 0 aromatic heterocycles. The molecule has 4 nitrogen and oxygen atoms in total. The summed E-state index contributed by atoms with van der Waals surface area (Å²) in [6, 6.07) is 15.2. The van der Waals surface area contributed by atoms with Gasteiger partial charge in [0.25, 0.3) is 0 Å². The van der Waals surface area contributed by atoms with E-state index in [9.17, 15) is 9.59 Å². The molecule has 2 rings (SSSR count). The predicted octanol–water partition coefficient (Wildman–Crippen LogP) is 3.27. The average Bonchev–Trinajstić information content (AvgIpc) is 2.49. The molecule has 0 heterocycles. The number of hydrogen-bond donors (Lipinski definition) is 1. The molecule has 0 spiro atoms. The standard InChI is InChI=1S/C19H22N2O2/c1-14-8-4-5-9-16(14)12-21(3)13-19(23)20-18-11-7-6-10-17(18)15(2)22/h4-11H,12-13H2,1-3H3,(H,20,23). The fraction of sp³-hybridized carbons (Fsp3) is 0.263. The van der Waals surface area contributed by atoms with Crippen LogP contribution in [0.15, 0.2) is 48.5 Å². The third-order valence-electron chi connectivity index (χ3n) is 3.70. The Morgan fingerprint density at radius 2 is 1.70 bits per heavy atom. The van der Waals surface area contributed by atoms with Crippen molar-refractivity contribution in [1.29, 1.82) is 0 Å². The maximum atomic E-state index is 12.2. The third-order valence-corrected chi connectivity index (χ3v) is 3.70. The van der Waals surface area contributed by atoms with E-state index in [1.165, 1.54) is 18.1 Å².